The summed E-state index contributed by atoms with van der Waals surface area (Å²) in [6, 6.07) is 13.7. The van der Waals surface area contributed by atoms with E-state index in [9.17, 15) is 9.59 Å². The number of hydrogen-bond donors (Lipinski definition) is 3. The van der Waals surface area contributed by atoms with Gasteiger partial charge in [-0.1, -0.05) is 22.8 Å². The highest BCUT2D eigenvalue weighted by molar-refractivity contribution is 6.34. The number of furan rings is 1. The first-order valence-electron chi connectivity index (χ1n) is 11.1. The second-order valence-electron chi connectivity index (χ2n) is 8.05. The van der Waals surface area contributed by atoms with Gasteiger partial charge >= 0.3 is 0 Å². The molecule has 2 aromatic heterocycles. The van der Waals surface area contributed by atoms with Gasteiger partial charge in [-0.05, 0) is 67.4 Å². The summed E-state index contributed by atoms with van der Waals surface area (Å²) >= 11 is 6.40. The molecule has 10 nitrogen and oxygen atoms in total. The molecule has 0 radical (unpaired) electrons. The average molecular weight is 522 g/mol. The molecule has 0 aliphatic heterocycles. The molecular formula is C26H24ClN5O5. The molecule has 4 aromatic rings. The highest BCUT2D eigenvalue weighted by Gasteiger charge is 2.22. The molecule has 0 unspecified atom stereocenters. The van der Waals surface area contributed by atoms with E-state index in [0.717, 1.165) is 11.1 Å². The van der Waals surface area contributed by atoms with E-state index in [2.05, 4.69) is 20.8 Å². The van der Waals surface area contributed by atoms with Crippen molar-refractivity contribution in [3.63, 3.8) is 0 Å². The quantitative estimate of drug-likeness (QED) is 0.236. The maximum atomic E-state index is 13.0. The maximum absolute atomic E-state index is 13.0. The number of aryl methyl sites for hydroxylation is 2. The fraction of sp³-hybridized carbons (Fsp3) is 0.154. The summed E-state index contributed by atoms with van der Waals surface area (Å²) in [5.41, 5.74) is 9.21. The number of nitrogens with zero attached hydrogens (tertiary/aromatic N) is 2. The molecule has 0 bridgehead atoms. The molecule has 0 spiro atoms. The second-order valence-corrected chi connectivity index (χ2v) is 8.45. The first-order chi connectivity index (χ1) is 17.8. The Morgan fingerprint density at radius 2 is 1.89 bits per heavy atom. The molecular weight excluding hydrogens is 498 g/mol. The van der Waals surface area contributed by atoms with E-state index < -0.39 is 11.8 Å². The number of aromatic nitrogens is 1. The summed E-state index contributed by atoms with van der Waals surface area (Å²) in [5, 5.41) is 9.66. The molecule has 11 heteroatoms. The summed E-state index contributed by atoms with van der Waals surface area (Å²) in [5.74, 6) is 0.184. The standard InChI is InChI=1S/C26H24ClN5O5/c1-14-11-16(12-19(27)22(14)30-24(33)20-5-4-10-36-20)13-29-26(28)31-25(34)21-15(2)37-32-23(21)17-6-8-18(35-3)9-7-17/h4-12H,13H2,1-3H3,(H,30,33)(H3,28,29,31,34). The van der Waals surface area contributed by atoms with E-state index in [1.807, 2.05) is 6.07 Å². The Balaban J connectivity index is 1.45. The Morgan fingerprint density at radius 3 is 2.54 bits per heavy atom. The molecule has 4 rings (SSSR count). The molecule has 2 aromatic carbocycles. The molecule has 190 valence electrons. The van der Waals surface area contributed by atoms with Crippen LogP contribution in [0.5, 0.6) is 5.75 Å². The van der Waals surface area contributed by atoms with Gasteiger partial charge in [0.05, 0.1) is 30.6 Å². The monoisotopic (exact) mass is 521 g/mol. The zero-order valence-electron chi connectivity index (χ0n) is 20.3. The summed E-state index contributed by atoms with van der Waals surface area (Å²) in [4.78, 5) is 29.5. The lowest BCUT2D eigenvalue weighted by atomic mass is 10.1. The number of amides is 2. The van der Waals surface area contributed by atoms with Crippen LogP contribution < -0.4 is 21.1 Å². The molecule has 4 N–H and O–H groups in total. The Bertz CT molecular complexity index is 1440. The minimum Gasteiger partial charge on any atom is -0.497 e. The molecule has 37 heavy (non-hydrogen) atoms. The minimum absolute atomic E-state index is 0.0877. The van der Waals surface area contributed by atoms with Gasteiger partial charge in [0, 0.05) is 5.56 Å². The van der Waals surface area contributed by atoms with Gasteiger partial charge in [0.1, 0.15) is 22.8 Å². The van der Waals surface area contributed by atoms with Crippen LogP contribution in [0.4, 0.5) is 5.69 Å². The van der Waals surface area contributed by atoms with Gasteiger partial charge in [-0.15, -0.1) is 0 Å². The molecule has 0 aliphatic rings. The SMILES string of the molecule is COc1ccc(-c2noc(C)c2C(=O)NC(N)=NCc2cc(C)c(NC(=O)c3ccco3)c(Cl)c2)cc1. The first kappa shape index (κ1) is 25.5. The fourth-order valence-corrected chi connectivity index (χ4v) is 3.96. The maximum Gasteiger partial charge on any atom is 0.291 e. The van der Waals surface area contributed by atoms with Crippen LogP contribution in [-0.2, 0) is 6.54 Å². The lowest BCUT2D eigenvalue weighted by molar-refractivity contribution is 0.0973. The van der Waals surface area contributed by atoms with Crippen molar-refractivity contribution in [2.45, 2.75) is 20.4 Å². The molecule has 2 heterocycles. The van der Waals surface area contributed by atoms with Crippen LogP contribution in [0.25, 0.3) is 11.3 Å². The Labute approximate surface area is 217 Å². The van der Waals surface area contributed by atoms with Crippen molar-refractivity contribution in [3.05, 3.63) is 88.0 Å². The van der Waals surface area contributed by atoms with Gasteiger partial charge in [0.15, 0.2) is 11.7 Å². The van der Waals surface area contributed by atoms with Gasteiger partial charge < -0.3 is 24.7 Å². The second kappa shape index (κ2) is 11.0. The number of nitrogens with one attached hydrogen (secondary N) is 2. The normalized spacial score (nSPS) is 11.3. The Morgan fingerprint density at radius 1 is 1.14 bits per heavy atom. The number of methoxy groups -OCH3 is 1. The molecule has 2 amide bonds. The van der Waals surface area contributed by atoms with Crippen LogP contribution in [0.2, 0.25) is 5.02 Å². The van der Waals surface area contributed by atoms with Crippen molar-refractivity contribution >= 4 is 35.1 Å². The molecule has 0 saturated heterocycles. The number of carbonyl (C=O) groups is 2. The van der Waals surface area contributed by atoms with Crippen molar-refractivity contribution < 1.29 is 23.3 Å². The summed E-state index contributed by atoms with van der Waals surface area (Å²) in [7, 11) is 1.57. The summed E-state index contributed by atoms with van der Waals surface area (Å²) < 4.78 is 15.5. The fourth-order valence-electron chi connectivity index (χ4n) is 3.63. The number of rotatable bonds is 7. The van der Waals surface area contributed by atoms with Gasteiger partial charge in [-0.25, -0.2) is 4.99 Å². The van der Waals surface area contributed by atoms with E-state index in [1.54, 1.807) is 63.4 Å². The summed E-state index contributed by atoms with van der Waals surface area (Å²) in [6.07, 6.45) is 1.41. The van der Waals surface area contributed by atoms with Crippen molar-refractivity contribution in [2.24, 2.45) is 10.7 Å². The van der Waals surface area contributed by atoms with Crippen LogP contribution in [0.15, 0.2) is 68.7 Å². The Kier molecular flexibility index (Phi) is 7.59. The first-order valence-corrected chi connectivity index (χ1v) is 11.5. The van der Waals surface area contributed by atoms with Gasteiger partial charge in [-0.2, -0.15) is 0 Å². The molecule has 0 saturated carbocycles. The zero-order chi connectivity index (χ0) is 26.5. The van der Waals surface area contributed by atoms with E-state index in [-0.39, 0.29) is 23.8 Å². The largest absolute Gasteiger partial charge is 0.497 e. The predicted molar refractivity (Wildman–Crippen MR) is 139 cm³/mol. The number of nitrogens with two attached hydrogens (primary N) is 1. The number of benzene rings is 2. The van der Waals surface area contributed by atoms with Gasteiger partial charge in [-0.3, -0.25) is 14.9 Å². The predicted octanol–water partition coefficient (Wildman–Crippen LogP) is 4.71. The van der Waals surface area contributed by atoms with Crippen LogP contribution in [0.1, 0.15) is 37.8 Å². The van der Waals surface area contributed by atoms with Crippen LogP contribution >= 0.6 is 11.6 Å². The number of anilines is 1. The molecule has 0 aliphatic carbocycles. The minimum atomic E-state index is -0.504. The van der Waals surface area contributed by atoms with Crippen molar-refractivity contribution in [2.75, 3.05) is 12.4 Å². The third-order valence-electron chi connectivity index (χ3n) is 5.46. The van der Waals surface area contributed by atoms with Crippen molar-refractivity contribution in [1.29, 1.82) is 0 Å². The number of hydrogen-bond acceptors (Lipinski definition) is 7. The molecule has 0 atom stereocenters. The van der Waals surface area contributed by atoms with Crippen LogP contribution in [0, 0.1) is 13.8 Å². The van der Waals surface area contributed by atoms with Gasteiger partial charge in [0.2, 0.25) is 0 Å². The van der Waals surface area contributed by atoms with E-state index in [4.69, 9.17) is 31.0 Å². The lowest BCUT2D eigenvalue weighted by Gasteiger charge is -2.12. The number of halogens is 1. The average Bonchev–Trinajstić information content (AvgIpc) is 3.55. The van der Waals surface area contributed by atoms with E-state index in [1.165, 1.54) is 6.26 Å². The number of guanidine groups is 1. The van der Waals surface area contributed by atoms with Gasteiger partial charge in [0.25, 0.3) is 11.8 Å². The molecule has 0 fully saturated rings. The highest BCUT2D eigenvalue weighted by Crippen LogP contribution is 2.29. The van der Waals surface area contributed by atoms with Crippen LogP contribution in [-0.4, -0.2) is 30.0 Å². The van der Waals surface area contributed by atoms with E-state index >= 15 is 0 Å². The van der Waals surface area contributed by atoms with E-state index in [0.29, 0.717) is 33.5 Å². The lowest BCUT2D eigenvalue weighted by Crippen LogP contribution is -2.37. The smallest absolute Gasteiger partial charge is 0.291 e. The van der Waals surface area contributed by atoms with Crippen molar-refractivity contribution in [1.82, 2.24) is 10.5 Å². The number of ether oxygens (including phenoxy) is 1. The number of carbonyl (C=O) groups excluding carboxylic acids is 2. The Hall–Kier alpha value is -4.57. The van der Waals surface area contributed by atoms with Crippen molar-refractivity contribution in [3.8, 4) is 17.0 Å². The number of aliphatic imine (C=N–C) groups is 1. The third kappa shape index (κ3) is 5.81. The third-order valence-corrected chi connectivity index (χ3v) is 5.76. The highest BCUT2D eigenvalue weighted by atomic mass is 35.5. The zero-order valence-corrected chi connectivity index (χ0v) is 21.1. The van der Waals surface area contributed by atoms with Crippen LogP contribution in [0.3, 0.4) is 0 Å². The summed E-state index contributed by atoms with van der Waals surface area (Å²) in [6.45, 7) is 3.59. The topological polar surface area (TPSA) is 145 Å².